The van der Waals surface area contributed by atoms with Gasteiger partial charge in [0.25, 0.3) is 5.91 Å². The van der Waals surface area contributed by atoms with E-state index >= 15 is 0 Å². The number of ether oxygens (including phenoxy) is 2. The Hall–Kier alpha value is -2.94. The van der Waals surface area contributed by atoms with Gasteiger partial charge in [-0.15, -0.1) is 0 Å². The summed E-state index contributed by atoms with van der Waals surface area (Å²) in [5.74, 6) is 0.604. The number of carbonyl (C=O) groups is 1. The molecular weight excluding hydrogens is 365 g/mol. The number of anilines is 2. The lowest BCUT2D eigenvalue weighted by molar-refractivity contribution is -0.123. The predicted octanol–water partition coefficient (Wildman–Crippen LogP) is 1.37. The maximum absolute atomic E-state index is 13.4. The van der Waals surface area contributed by atoms with Crippen LogP contribution in [0.4, 0.5) is 16.2 Å². The van der Waals surface area contributed by atoms with Gasteiger partial charge < -0.3 is 25.0 Å². The van der Waals surface area contributed by atoms with Crippen LogP contribution >= 0.6 is 0 Å². The van der Waals surface area contributed by atoms with Crippen LogP contribution in [-0.2, 0) is 9.53 Å². The van der Waals surface area contributed by atoms with E-state index in [0.29, 0.717) is 32.3 Å². The van der Waals surface area contributed by atoms with Crippen LogP contribution in [0.25, 0.3) is 0 Å². The number of para-hydroxylation sites is 1. The molecule has 0 bridgehead atoms. The largest absolute Gasteiger partial charge is 0.481 e. The molecule has 1 saturated heterocycles. The molecule has 28 heavy (non-hydrogen) atoms. The number of nitrogens with zero attached hydrogens (tertiary/aromatic N) is 3. The second-order valence-electron chi connectivity index (χ2n) is 6.29. The smallest absolute Gasteiger partial charge is 0.258 e. The summed E-state index contributed by atoms with van der Waals surface area (Å²) in [5, 5.41) is 5.81. The fourth-order valence-corrected chi connectivity index (χ4v) is 2.72. The lowest BCUT2D eigenvalue weighted by Gasteiger charge is -2.28. The van der Waals surface area contributed by atoms with Crippen molar-refractivity contribution in [1.29, 1.82) is 0 Å². The average Bonchev–Trinajstić information content (AvgIpc) is 2.71. The molecule has 2 aromatic rings. The summed E-state index contributed by atoms with van der Waals surface area (Å²) in [7, 11) is 0. The number of halogens is 1. The van der Waals surface area contributed by atoms with Crippen LogP contribution in [0.3, 0.4) is 0 Å². The Labute approximate surface area is 163 Å². The first-order valence-corrected chi connectivity index (χ1v) is 9.18. The quantitative estimate of drug-likeness (QED) is 0.659. The van der Waals surface area contributed by atoms with Gasteiger partial charge in [0.15, 0.2) is 18.2 Å². The van der Waals surface area contributed by atoms with Gasteiger partial charge in [0, 0.05) is 37.9 Å². The zero-order valence-electron chi connectivity index (χ0n) is 15.8. The molecule has 1 amide bonds. The summed E-state index contributed by atoms with van der Waals surface area (Å²) in [6.45, 7) is 5.46. The fourth-order valence-electron chi connectivity index (χ4n) is 2.72. The molecule has 0 aliphatic carbocycles. The number of aromatic nitrogens is 2. The van der Waals surface area contributed by atoms with Gasteiger partial charge in [-0.2, -0.15) is 4.98 Å². The van der Waals surface area contributed by atoms with Crippen LogP contribution in [-0.4, -0.2) is 61.9 Å². The molecule has 1 aliphatic rings. The zero-order chi connectivity index (χ0) is 19.8. The van der Waals surface area contributed by atoms with Crippen molar-refractivity contribution < 1.29 is 18.7 Å². The van der Waals surface area contributed by atoms with Gasteiger partial charge >= 0.3 is 0 Å². The third kappa shape index (κ3) is 5.78. The maximum Gasteiger partial charge on any atom is 0.258 e. The van der Waals surface area contributed by atoms with Crippen LogP contribution in [0.5, 0.6) is 5.75 Å². The van der Waals surface area contributed by atoms with E-state index in [0.717, 1.165) is 24.6 Å². The van der Waals surface area contributed by atoms with Gasteiger partial charge in [0.05, 0.1) is 13.2 Å². The Kier molecular flexibility index (Phi) is 6.96. The number of rotatable bonds is 8. The summed E-state index contributed by atoms with van der Waals surface area (Å²) in [6, 6.07) is 7.91. The van der Waals surface area contributed by atoms with E-state index in [2.05, 4.69) is 25.5 Å². The number of amides is 1. The predicted molar refractivity (Wildman–Crippen MR) is 103 cm³/mol. The fraction of sp³-hybridized carbons (Fsp3) is 0.421. The average molecular weight is 389 g/mol. The minimum atomic E-state index is -0.496. The van der Waals surface area contributed by atoms with Crippen LogP contribution in [0.1, 0.15) is 5.69 Å². The van der Waals surface area contributed by atoms with Gasteiger partial charge in [-0.25, -0.2) is 9.37 Å². The van der Waals surface area contributed by atoms with E-state index in [1.54, 1.807) is 12.1 Å². The molecule has 2 N–H and O–H groups in total. The number of carbonyl (C=O) groups excluding carboxylic acids is 1. The molecule has 3 rings (SSSR count). The maximum atomic E-state index is 13.4. The number of hydrogen-bond acceptors (Lipinski definition) is 7. The molecule has 1 aromatic carbocycles. The lowest BCUT2D eigenvalue weighted by Crippen LogP contribution is -2.37. The van der Waals surface area contributed by atoms with E-state index in [4.69, 9.17) is 9.47 Å². The molecule has 1 aliphatic heterocycles. The first kappa shape index (κ1) is 19.8. The molecule has 1 fully saturated rings. The molecule has 0 unspecified atom stereocenters. The number of benzene rings is 1. The van der Waals surface area contributed by atoms with Crippen LogP contribution in [0, 0.1) is 12.7 Å². The second-order valence-corrected chi connectivity index (χ2v) is 6.29. The van der Waals surface area contributed by atoms with Crippen molar-refractivity contribution in [2.75, 3.05) is 56.2 Å². The first-order chi connectivity index (χ1) is 13.6. The summed E-state index contributed by atoms with van der Waals surface area (Å²) in [5.41, 5.74) is 0.862. The van der Waals surface area contributed by atoms with Gasteiger partial charge in [0.2, 0.25) is 5.95 Å². The van der Waals surface area contributed by atoms with Crippen molar-refractivity contribution in [3.63, 3.8) is 0 Å². The van der Waals surface area contributed by atoms with Gasteiger partial charge in [-0.05, 0) is 19.1 Å². The molecule has 1 aromatic heterocycles. The Balaban J connectivity index is 1.41. The summed E-state index contributed by atoms with van der Waals surface area (Å²) >= 11 is 0. The van der Waals surface area contributed by atoms with Gasteiger partial charge in [-0.3, -0.25) is 4.79 Å². The molecule has 9 heteroatoms. The van der Waals surface area contributed by atoms with E-state index in [-0.39, 0.29) is 18.3 Å². The van der Waals surface area contributed by atoms with Crippen molar-refractivity contribution in [2.45, 2.75) is 6.92 Å². The Morgan fingerprint density at radius 3 is 2.82 bits per heavy atom. The number of nitrogens with one attached hydrogen (secondary N) is 2. The lowest BCUT2D eigenvalue weighted by atomic mass is 10.3. The van der Waals surface area contributed by atoms with Crippen molar-refractivity contribution >= 4 is 17.7 Å². The van der Waals surface area contributed by atoms with E-state index < -0.39 is 5.82 Å². The normalized spacial score (nSPS) is 13.9. The summed E-state index contributed by atoms with van der Waals surface area (Å²) in [6.07, 6.45) is 0. The third-order valence-corrected chi connectivity index (χ3v) is 4.10. The first-order valence-electron chi connectivity index (χ1n) is 9.18. The Morgan fingerprint density at radius 2 is 2.04 bits per heavy atom. The van der Waals surface area contributed by atoms with Crippen LogP contribution in [0.15, 0.2) is 30.3 Å². The molecule has 0 saturated carbocycles. The molecule has 0 spiro atoms. The second kappa shape index (κ2) is 9.84. The molecule has 0 atom stereocenters. The van der Waals surface area contributed by atoms with E-state index in [1.165, 1.54) is 12.1 Å². The van der Waals surface area contributed by atoms with Crippen molar-refractivity contribution in [2.24, 2.45) is 0 Å². The number of morpholine rings is 1. The standard InChI is InChI=1S/C19H24FN5O3/c1-14-12-17(25-8-10-27-11-9-25)24-19(23-14)22-7-6-21-18(26)13-28-16-5-3-2-4-15(16)20/h2-5,12H,6-11,13H2,1H3,(H,21,26)(H,22,23,24). The van der Waals surface area contributed by atoms with Crippen molar-refractivity contribution in [1.82, 2.24) is 15.3 Å². The minimum Gasteiger partial charge on any atom is -0.481 e. The SMILES string of the molecule is Cc1cc(N2CCOCC2)nc(NCCNC(=O)COc2ccccc2F)n1. The molecule has 8 nitrogen and oxygen atoms in total. The Bertz CT molecular complexity index is 799. The van der Waals surface area contributed by atoms with E-state index in [1.807, 2.05) is 13.0 Å². The highest BCUT2D eigenvalue weighted by Crippen LogP contribution is 2.16. The highest BCUT2D eigenvalue weighted by Gasteiger charge is 2.14. The van der Waals surface area contributed by atoms with Gasteiger partial charge in [-0.1, -0.05) is 12.1 Å². The van der Waals surface area contributed by atoms with Crippen LogP contribution < -0.4 is 20.3 Å². The molecule has 0 radical (unpaired) electrons. The molecule has 150 valence electrons. The van der Waals surface area contributed by atoms with E-state index in [9.17, 15) is 9.18 Å². The number of hydrogen-bond donors (Lipinski definition) is 2. The van der Waals surface area contributed by atoms with Crippen molar-refractivity contribution in [3.05, 3.63) is 41.8 Å². The number of aryl methyl sites for hydroxylation is 1. The third-order valence-electron chi connectivity index (χ3n) is 4.10. The summed E-state index contributed by atoms with van der Waals surface area (Å²) < 4.78 is 24.0. The summed E-state index contributed by atoms with van der Waals surface area (Å²) in [4.78, 5) is 22.9. The highest BCUT2D eigenvalue weighted by atomic mass is 19.1. The van der Waals surface area contributed by atoms with Crippen LogP contribution in [0.2, 0.25) is 0 Å². The van der Waals surface area contributed by atoms with Gasteiger partial charge in [0.1, 0.15) is 5.82 Å². The topological polar surface area (TPSA) is 88.6 Å². The van der Waals surface area contributed by atoms with Crippen molar-refractivity contribution in [3.8, 4) is 5.75 Å². The highest BCUT2D eigenvalue weighted by molar-refractivity contribution is 5.77. The zero-order valence-corrected chi connectivity index (χ0v) is 15.8. The Morgan fingerprint density at radius 1 is 1.25 bits per heavy atom. The molecule has 2 heterocycles. The monoisotopic (exact) mass is 389 g/mol. The minimum absolute atomic E-state index is 0.0552. The molecular formula is C19H24FN5O3.